The summed E-state index contributed by atoms with van der Waals surface area (Å²) in [5.41, 5.74) is 0.325. The Morgan fingerprint density at radius 1 is 1.38 bits per heavy atom. The van der Waals surface area contributed by atoms with Crippen molar-refractivity contribution in [3.8, 4) is 0 Å². The van der Waals surface area contributed by atoms with E-state index < -0.39 is 0 Å². The quantitative estimate of drug-likeness (QED) is 0.650. The SMILES string of the molecule is CC(C)N1CCC2(CC1)CN=CN2. The van der Waals surface area contributed by atoms with Gasteiger partial charge in [-0.05, 0) is 26.7 Å². The molecule has 3 heteroatoms. The zero-order valence-electron chi connectivity index (χ0n) is 8.58. The molecule has 2 aliphatic rings. The summed E-state index contributed by atoms with van der Waals surface area (Å²) < 4.78 is 0. The summed E-state index contributed by atoms with van der Waals surface area (Å²) in [4.78, 5) is 6.82. The smallest absolute Gasteiger partial charge is 0.0829 e. The first-order valence-electron chi connectivity index (χ1n) is 5.22. The van der Waals surface area contributed by atoms with Gasteiger partial charge in [0, 0.05) is 19.1 Å². The van der Waals surface area contributed by atoms with Crippen molar-refractivity contribution >= 4 is 6.34 Å². The minimum Gasteiger partial charge on any atom is -0.369 e. The fourth-order valence-electron chi connectivity index (χ4n) is 2.22. The fourth-order valence-corrected chi connectivity index (χ4v) is 2.22. The van der Waals surface area contributed by atoms with Crippen molar-refractivity contribution in [2.75, 3.05) is 19.6 Å². The predicted octanol–water partition coefficient (Wildman–Crippen LogP) is 0.861. The van der Waals surface area contributed by atoms with Crippen LogP contribution in [-0.4, -0.2) is 42.5 Å². The van der Waals surface area contributed by atoms with E-state index in [2.05, 4.69) is 29.1 Å². The van der Waals surface area contributed by atoms with Crippen LogP contribution in [0, 0.1) is 0 Å². The molecule has 0 atom stereocenters. The fraction of sp³-hybridized carbons (Fsp3) is 0.900. The Kier molecular flexibility index (Phi) is 2.28. The molecule has 3 nitrogen and oxygen atoms in total. The zero-order chi connectivity index (χ0) is 9.31. The van der Waals surface area contributed by atoms with E-state index in [1.807, 2.05) is 6.34 Å². The monoisotopic (exact) mass is 181 g/mol. The van der Waals surface area contributed by atoms with Crippen molar-refractivity contribution in [3.63, 3.8) is 0 Å². The Hall–Kier alpha value is -0.570. The van der Waals surface area contributed by atoms with Gasteiger partial charge in [0.1, 0.15) is 0 Å². The average Bonchev–Trinajstić information content (AvgIpc) is 2.54. The molecule has 0 aliphatic carbocycles. The number of nitrogens with zero attached hydrogens (tertiary/aromatic N) is 2. The summed E-state index contributed by atoms with van der Waals surface area (Å²) in [7, 11) is 0. The van der Waals surface area contributed by atoms with Crippen LogP contribution in [0.5, 0.6) is 0 Å². The lowest BCUT2D eigenvalue weighted by molar-refractivity contribution is 0.130. The summed E-state index contributed by atoms with van der Waals surface area (Å²) in [5.74, 6) is 0. The molecule has 0 bridgehead atoms. The second kappa shape index (κ2) is 3.29. The van der Waals surface area contributed by atoms with E-state index >= 15 is 0 Å². The van der Waals surface area contributed by atoms with E-state index in [0.717, 1.165) is 6.54 Å². The van der Waals surface area contributed by atoms with Crippen LogP contribution in [0.1, 0.15) is 26.7 Å². The lowest BCUT2D eigenvalue weighted by Crippen LogP contribution is -2.53. The van der Waals surface area contributed by atoms with Gasteiger partial charge in [0.25, 0.3) is 0 Å². The molecule has 1 fully saturated rings. The number of hydrogen-bond donors (Lipinski definition) is 1. The third-order valence-corrected chi connectivity index (χ3v) is 3.34. The summed E-state index contributed by atoms with van der Waals surface area (Å²) in [5, 5.41) is 3.41. The molecular formula is C10H19N3. The topological polar surface area (TPSA) is 27.6 Å². The summed E-state index contributed by atoms with van der Waals surface area (Å²) >= 11 is 0. The number of hydrogen-bond acceptors (Lipinski definition) is 3. The molecule has 2 heterocycles. The van der Waals surface area contributed by atoms with Crippen LogP contribution < -0.4 is 5.32 Å². The molecule has 2 aliphatic heterocycles. The van der Waals surface area contributed by atoms with E-state index in [1.54, 1.807) is 0 Å². The van der Waals surface area contributed by atoms with Crippen molar-refractivity contribution in [2.45, 2.75) is 38.3 Å². The molecule has 1 saturated heterocycles. The Labute approximate surface area is 80.2 Å². The van der Waals surface area contributed by atoms with E-state index in [0.29, 0.717) is 11.6 Å². The first-order valence-corrected chi connectivity index (χ1v) is 5.22. The minimum atomic E-state index is 0.325. The molecule has 0 saturated carbocycles. The van der Waals surface area contributed by atoms with Crippen molar-refractivity contribution in [1.29, 1.82) is 0 Å². The highest BCUT2D eigenvalue weighted by molar-refractivity contribution is 5.59. The second-order valence-corrected chi connectivity index (χ2v) is 4.52. The van der Waals surface area contributed by atoms with Crippen molar-refractivity contribution in [2.24, 2.45) is 4.99 Å². The van der Waals surface area contributed by atoms with Crippen LogP contribution in [0.25, 0.3) is 0 Å². The number of piperidine rings is 1. The van der Waals surface area contributed by atoms with E-state index in [4.69, 9.17) is 0 Å². The molecule has 1 spiro atoms. The van der Waals surface area contributed by atoms with Gasteiger partial charge in [-0.15, -0.1) is 0 Å². The number of rotatable bonds is 1. The van der Waals surface area contributed by atoms with Crippen molar-refractivity contribution in [1.82, 2.24) is 10.2 Å². The van der Waals surface area contributed by atoms with Crippen LogP contribution in [0.4, 0.5) is 0 Å². The van der Waals surface area contributed by atoms with Gasteiger partial charge in [0.05, 0.1) is 18.4 Å². The molecule has 0 aromatic rings. The maximum absolute atomic E-state index is 4.28. The second-order valence-electron chi connectivity index (χ2n) is 4.52. The van der Waals surface area contributed by atoms with Crippen LogP contribution in [-0.2, 0) is 0 Å². The molecule has 0 radical (unpaired) electrons. The first-order chi connectivity index (χ1) is 6.22. The van der Waals surface area contributed by atoms with Gasteiger partial charge in [0.2, 0.25) is 0 Å². The largest absolute Gasteiger partial charge is 0.369 e. The maximum atomic E-state index is 4.28. The lowest BCUT2D eigenvalue weighted by Gasteiger charge is -2.40. The highest BCUT2D eigenvalue weighted by Gasteiger charge is 2.35. The third-order valence-electron chi connectivity index (χ3n) is 3.34. The van der Waals surface area contributed by atoms with E-state index in [-0.39, 0.29) is 0 Å². The highest BCUT2D eigenvalue weighted by Crippen LogP contribution is 2.25. The summed E-state index contributed by atoms with van der Waals surface area (Å²) in [6.07, 6.45) is 4.36. The minimum absolute atomic E-state index is 0.325. The Morgan fingerprint density at radius 3 is 2.54 bits per heavy atom. The van der Waals surface area contributed by atoms with Crippen molar-refractivity contribution in [3.05, 3.63) is 0 Å². The van der Waals surface area contributed by atoms with Crippen molar-refractivity contribution < 1.29 is 0 Å². The third kappa shape index (κ3) is 1.70. The number of likely N-dealkylation sites (tertiary alicyclic amines) is 1. The molecule has 0 amide bonds. The van der Waals surface area contributed by atoms with Gasteiger partial charge in [-0.25, -0.2) is 0 Å². The molecule has 0 aromatic carbocycles. The number of aliphatic imine (C=N–C) groups is 1. The molecule has 2 rings (SSSR count). The van der Waals surface area contributed by atoms with Crippen LogP contribution >= 0.6 is 0 Å². The summed E-state index contributed by atoms with van der Waals surface area (Å²) in [6, 6.07) is 0.694. The lowest BCUT2D eigenvalue weighted by atomic mass is 9.88. The van der Waals surface area contributed by atoms with Crippen LogP contribution in [0.3, 0.4) is 0 Å². The van der Waals surface area contributed by atoms with Gasteiger partial charge in [0.15, 0.2) is 0 Å². The Balaban J connectivity index is 1.89. The zero-order valence-corrected chi connectivity index (χ0v) is 8.58. The van der Waals surface area contributed by atoms with E-state index in [9.17, 15) is 0 Å². The van der Waals surface area contributed by atoms with Gasteiger partial charge < -0.3 is 10.2 Å². The average molecular weight is 181 g/mol. The summed E-state index contributed by atoms with van der Waals surface area (Å²) in [6.45, 7) is 7.97. The first kappa shape index (κ1) is 9.00. The molecule has 74 valence electrons. The predicted molar refractivity (Wildman–Crippen MR) is 55.2 cm³/mol. The van der Waals surface area contributed by atoms with Crippen LogP contribution in [0.15, 0.2) is 4.99 Å². The van der Waals surface area contributed by atoms with Crippen LogP contribution in [0.2, 0.25) is 0 Å². The maximum Gasteiger partial charge on any atom is 0.0829 e. The molecule has 1 N–H and O–H groups in total. The highest BCUT2D eigenvalue weighted by atomic mass is 15.2. The number of nitrogens with one attached hydrogen (secondary N) is 1. The molecular weight excluding hydrogens is 162 g/mol. The van der Waals surface area contributed by atoms with Gasteiger partial charge >= 0.3 is 0 Å². The van der Waals surface area contributed by atoms with Gasteiger partial charge in [-0.3, -0.25) is 4.99 Å². The normalized spacial score (nSPS) is 27.0. The van der Waals surface area contributed by atoms with Gasteiger partial charge in [-0.1, -0.05) is 0 Å². The standard InChI is InChI=1S/C10H19N3/c1-9(2)13-5-3-10(4-6-13)7-11-8-12-10/h8-9H,3-7H2,1-2H3,(H,11,12). The Morgan fingerprint density at radius 2 is 2.08 bits per heavy atom. The molecule has 13 heavy (non-hydrogen) atoms. The van der Waals surface area contributed by atoms with E-state index in [1.165, 1.54) is 25.9 Å². The van der Waals surface area contributed by atoms with Gasteiger partial charge in [-0.2, -0.15) is 0 Å². The molecule has 0 aromatic heterocycles. The Bertz CT molecular complexity index is 192. The molecule has 0 unspecified atom stereocenters.